The van der Waals surface area contributed by atoms with E-state index in [4.69, 9.17) is 26.1 Å². The lowest BCUT2D eigenvalue weighted by Gasteiger charge is -2.55. The molecule has 3 aliphatic heterocycles. The summed E-state index contributed by atoms with van der Waals surface area (Å²) in [5.74, 6) is 1.54. The van der Waals surface area contributed by atoms with E-state index in [1.54, 1.807) is 13.3 Å². The number of carbonyl (C=O) groups excluding carboxylic acids is 1. The highest BCUT2D eigenvalue weighted by atomic mass is 35.5. The first-order chi connectivity index (χ1) is 19.5. The molecule has 3 aliphatic rings. The number of fused-ring (bicyclic) bond motifs is 2. The molecule has 6 rings (SSSR count). The molecule has 2 saturated heterocycles. The summed E-state index contributed by atoms with van der Waals surface area (Å²) in [6.07, 6.45) is 3.59. The second-order valence-electron chi connectivity index (χ2n) is 10.9. The second-order valence-corrected chi connectivity index (χ2v) is 11.3. The van der Waals surface area contributed by atoms with Crippen LogP contribution in [0.1, 0.15) is 42.7 Å². The van der Waals surface area contributed by atoms with Gasteiger partial charge in [-0.05, 0) is 55.2 Å². The molecule has 210 valence electrons. The number of nitrogens with one attached hydrogen (secondary N) is 1. The van der Waals surface area contributed by atoms with Crippen LogP contribution in [0.25, 0.3) is 11.3 Å². The minimum absolute atomic E-state index is 0.0175. The van der Waals surface area contributed by atoms with Crippen molar-refractivity contribution >= 4 is 23.2 Å². The molecule has 2 fully saturated rings. The standard InChI is InChI=1S/C31H36ClN5O3/c1-4-20-18-36(25-9-6-10-26(39-3)27(25)32)15-13-31(20)19-37(21-16-33-17-21)30(38)28-23(31)11-12-24(35-28)22-8-7-14-34-29(22)40-5-2/h6-12,14,20-21,33H,4-5,13,15-19H2,1-3H3/t20-,31+/m1/s1. The third-order valence-electron chi connectivity index (χ3n) is 8.92. The van der Waals surface area contributed by atoms with Crippen molar-refractivity contribution in [3.63, 3.8) is 0 Å². The number of hydrogen-bond acceptors (Lipinski definition) is 7. The summed E-state index contributed by atoms with van der Waals surface area (Å²) in [6.45, 7) is 8.70. The molecule has 5 heterocycles. The number of hydrogen-bond donors (Lipinski definition) is 1. The van der Waals surface area contributed by atoms with Gasteiger partial charge in [0.2, 0.25) is 5.88 Å². The highest BCUT2D eigenvalue weighted by molar-refractivity contribution is 6.34. The number of ether oxygens (including phenoxy) is 2. The third-order valence-corrected chi connectivity index (χ3v) is 9.30. The molecule has 0 saturated carbocycles. The molecule has 40 heavy (non-hydrogen) atoms. The lowest BCUT2D eigenvalue weighted by atomic mass is 9.62. The number of pyridine rings is 2. The Balaban J connectivity index is 1.42. The predicted molar refractivity (Wildman–Crippen MR) is 157 cm³/mol. The highest BCUT2D eigenvalue weighted by Gasteiger charge is 2.52. The van der Waals surface area contributed by atoms with Gasteiger partial charge in [0.25, 0.3) is 5.91 Å². The topological polar surface area (TPSA) is 79.8 Å². The Morgan fingerprint density at radius 2 is 2.00 bits per heavy atom. The molecule has 2 aromatic heterocycles. The van der Waals surface area contributed by atoms with E-state index in [0.717, 1.165) is 55.8 Å². The van der Waals surface area contributed by atoms with Crippen molar-refractivity contribution in [2.75, 3.05) is 51.3 Å². The molecular weight excluding hydrogens is 526 g/mol. The minimum atomic E-state index is -0.196. The van der Waals surface area contributed by atoms with E-state index in [9.17, 15) is 4.79 Å². The van der Waals surface area contributed by atoms with Gasteiger partial charge in [0.05, 0.1) is 36.7 Å². The summed E-state index contributed by atoms with van der Waals surface area (Å²) in [6, 6.07) is 14.1. The van der Waals surface area contributed by atoms with Crippen LogP contribution >= 0.6 is 11.6 Å². The lowest BCUT2D eigenvalue weighted by molar-refractivity contribution is 0.0371. The molecule has 0 unspecified atom stereocenters. The summed E-state index contributed by atoms with van der Waals surface area (Å²) in [7, 11) is 1.65. The zero-order valence-electron chi connectivity index (χ0n) is 23.3. The number of halogens is 1. The van der Waals surface area contributed by atoms with Gasteiger partial charge in [-0.15, -0.1) is 0 Å². The van der Waals surface area contributed by atoms with Gasteiger partial charge in [-0.2, -0.15) is 0 Å². The van der Waals surface area contributed by atoms with Crippen LogP contribution in [0.15, 0.2) is 48.7 Å². The largest absolute Gasteiger partial charge is 0.495 e. The summed E-state index contributed by atoms with van der Waals surface area (Å²) < 4.78 is 11.3. The predicted octanol–water partition coefficient (Wildman–Crippen LogP) is 4.81. The lowest BCUT2D eigenvalue weighted by Crippen LogP contribution is -2.66. The van der Waals surface area contributed by atoms with E-state index in [1.807, 2.05) is 37.3 Å². The van der Waals surface area contributed by atoms with Crippen LogP contribution in [-0.2, 0) is 5.41 Å². The first-order valence-corrected chi connectivity index (χ1v) is 14.6. The quantitative estimate of drug-likeness (QED) is 0.443. The van der Waals surface area contributed by atoms with E-state index >= 15 is 0 Å². The number of aromatic nitrogens is 2. The fourth-order valence-electron chi connectivity index (χ4n) is 6.67. The Labute approximate surface area is 240 Å². The van der Waals surface area contributed by atoms with Crippen LogP contribution < -0.4 is 19.7 Å². The van der Waals surface area contributed by atoms with Gasteiger partial charge in [0.15, 0.2) is 0 Å². The number of nitrogens with zero attached hydrogens (tertiary/aromatic N) is 4. The van der Waals surface area contributed by atoms with Crippen molar-refractivity contribution in [1.29, 1.82) is 0 Å². The van der Waals surface area contributed by atoms with Crippen LogP contribution in [0.2, 0.25) is 5.02 Å². The number of piperidine rings is 1. The van der Waals surface area contributed by atoms with Gasteiger partial charge in [-0.3, -0.25) is 4.79 Å². The van der Waals surface area contributed by atoms with Crippen LogP contribution in [0.3, 0.4) is 0 Å². The first kappa shape index (κ1) is 26.8. The number of methoxy groups -OCH3 is 1. The molecule has 9 heteroatoms. The zero-order valence-corrected chi connectivity index (χ0v) is 24.1. The van der Waals surface area contributed by atoms with Gasteiger partial charge in [-0.1, -0.05) is 37.1 Å². The van der Waals surface area contributed by atoms with Crippen LogP contribution in [0, 0.1) is 5.92 Å². The number of benzene rings is 1. The maximum atomic E-state index is 14.0. The smallest absolute Gasteiger partial charge is 0.273 e. The normalized spacial score (nSPS) is 22.7. The van der Waals surface area contributed by atoms with Crippen molar-refractivity contribution in [3.05, 3.63) is 64.9 Å². The van der Waals surface area contributed by atoms with E-state index in [2.05, 4.69) is 39.2 Å². The summed E-state index contributed by atoms with van der Waals surface area (Å²) in [5.41, 5.74) is 3.93. The molecule has 1 spiro atoms. The molecule has 1 amide bonds. The Bertz CT molecular complexity index is 1410. The molecule has 0 bridgehead atoms. The Morgan fingerprint density at radius 3 is 2.73 bits per heavy atom. The molecule has 0 aliphatic carbocycles. The molecule has 3 aromatic rings. The summed E-state index contributed by atoms with van der Waals surface area (Å²) in [5, 5.41) is 3.99. The minimum Gasteiger partial charge on any atom is -0.495 e. The van der Waals surface area contributed by atoms with Crippen molar-refractivity contribution in [1.82, 2.24) is 20.2 Å². The van der Waals surface area contributed by atoms with E-state index in [-0.39, 0.29) is 17.4 Å². The van der Waals surface area contributed by atoms with Crippen molar-refractivity contribution < 1.29 is 14.3 Å². The van der Waals surface area contributed by atoms with E-state index in [0.29, 0.717) is 47.1 Å². The third kappa shape index (κ3) is 4.38. The monoisotopic (exact) mass is 561 g/mol. The molecule has 0 radical (unpaired) electrons. The Morgan fingerprint density at radius 1 is 1.15 bits per heavy atom. The maximum Gasteiger partial charge on any atom is 0.273 e. The van der Waals surface area contributed by atoms with Gasteiger partial charge in [-0.25, -0.2) is 9.97 Å². The van der Waals surface area contributed by atoms with Gasteiger partial charge < -0.3 is 24.6 Å². The van der Waals surface area contributed by atoms with E-state index < -0.39 is 0 Å². The SMILES string of the molecule is CCOc1ncccc1-c1ccc2c(n1)C(=O)N(C1CNC1)C[C@]21CCN(c2cccc(OC)c2Cl)C[C@H]1CC. The van der Waals surface area contributed by atoms with Gasteiger partial charge >= 0.3 is 0 Å². The highest BCUT2D eigenvalue weighted by Crippen LogP contribution is 2.49. The number of amides is 1. The van der Waals surface area contributed by atoms with Crippen molar-refractivity contribution in [2.24, 2.45) is 5.92 Å². The average Bonchev–Trinajstić information content (AvgIpc) is 2.95. The zero-order chi connectivity index (χ0) is 27.9. The molecule has 2 atom stereocenters. The van der Waals surface area contributed by atoms with Gasteiger partial charge in [0, 0.05) is 44.3 Å². The van der Waals surface area contributed by atoms with Crippen LogP contribution in [-0.4, -0.2) is 73.3 Å². The van der Waals surface area contributed by atoms with Crippen molar-refractivity contribution in [3.8, 4) is 22.9 Å². The maximum absolute atomic E-state index is 14.0. The molecule has 1 N–H and O–H groups in total. The summed E-state index contributed by atoms with van der Waals surface area (Å²) in [4.78, 5) is 27.9. The Kier molecular flexibility index (Phi) is 7.31. The summed E-state index contributed by atoms with van der Waals surface area (Å²) >= 11 is 6.76. The first-order valence-electron chi connectivity index (χ1n) is 14.2. The fraction of sp³-hybridized carbons (Fsp3) is 0.452. The van der Waals surface area contributed by atoms with Gasteiger partial charge in [0.1, 0.15) is 16.5 Å². The molecule has 1 aromatic carbocycles. The number of anilines is 1. The molecular formula is C31H36ClN5O3. The number of carbonyl (C=O) groups is 1. The van der Waals surface area contributed by atoms with E-state index in [1.165, 1.54) is 0 Å². The average molecular weight is 562 g/mol. The second kappa shape index (κ2) is 10.9. The Hall–Kier alpha value is -3.36. The van der Waals surface area contributed by atoms with Crippen molar-refractivity contribution in [2.45, 2.75) is 38.1 Å². The fourth-order valence-corrected chi connectivity index (χ4v) is 6.99. The number of rotatable bonds is 7. The van der Waals surface area contributed by atoms with Crippen LogP contribution in [0.5, 0.6) is 11.6 Å². The molecule has 8 nitrogen and oxygen atoms in total. The van der Waals surface area contributed by atoms with Crippen LogP contribution in [0.4, 0.5) is 5.69 Å².